The van der Waals surface area contributed by atoms with Crippen LogP contribution in [0.4, 0.5) is 0 Å². The van der Waals surface area contributed by atoms with Gasteiger partial charge in [0.25, 0.3) is 17.7 Å². The van der Waals surface area contributed by atoms with Crippen LogP contribution in [0.3, 0.4) is 0 Å². The van der Waals surface area contributed by atoms with Crippen LogP contribution in [0.2, 0.25) is 0 Å². The second-order valence-corrected chi connectivity index (χ2v) is 6.47. The van der Waals surface area contributed by atoms with Crippen molar-refractivity contribution < 1.29 is 19.1 Å². The third-order valence-corrected chi connectivity index (χ3v) is 4.36. The first-order valence-electron chi connectivity index (χ1n) is 9.14. The first kappa shape index (κ1) is 21.7. The molecule has 7 heteroatoms. The number of hydrogen-bond acceptors (Lipinski definition) is 4. The van der Waals surface area contributed by atoms with Gasteiger partial charge in [-0.25, -0.2) is 0 Å². The Balaban J connectivity index is 1.84. The SMILES string of the molecule is CNC(=O)c1ccc(/C=C/C(=O)NNC(=O)C(C)Oc2cccc(C)c2C)cc1. The van der Waals surface area contributed by atoms with E-state index in [-0.39, 0.29) is 5.91 Å². The highest BCUT2D eigenvalue weighted by atomic mass is 16.5. The molecule has 7 nitrogen and oxygen atoms in total. The summed E-state index contributed by atoms with van der Waals surface area (Å²) < 4.78 is 5.68. The van der Waals surface area contributed by atoms with Gasteiger partial charge in [-0.05, 0) is 61.7 Å². The van der Waals surface area contributed by atoms with Gasteiger partial charge in [-0.2, -0.15) is 0 Å². The fraction of sp³-hybridized carbons (Fsp3) is 0.227. The van der Waals surface area contributed by atoms with Gasteiger partial charge in [0.05, 0.1) is 0 Å². The van der Waals surface area contributed by atoms with Gasteiger partial charge in [0.2, 0.25) is 0 Å². The quantitative estimate of drug-likeness (QED) is 0.516. The van der Waals surface area contributed by atoms with E-state index < -0.39 is 17.9 Å². The maximum Gasteiger partial charge on any atom is 0.279 e. The zero-order valence-corrected chi connectivity index (χ0v) is 16.9. The van der Waals surface area contributed by atoms with E-state index in [9.17, 15) is 14.4 Å². The number of aryl methyl sites for hydroxylation is 1. The Kier molecular flexibility index (Phi) is 7.54. The smallest absolute Gasteiger partial charge is 0.279 e. The van der Waals surface area contributed by atoms with E-state index in [0.717, 1.165) is 16.7 Å². The van der Waals surface area contributed by atoms with Gasteiger partial charge in [0.15, 0.2) is 6.10 Å². The maximum atomic E-state index is 12.1. The lowest BCUT2D eigenvalue weighted by Crippen LogP contribution is -2.46. The van der Waals surface area contributed by atoms with Crippen LogP contribution < -0.4 is 20.9 Å². The van der Waals surface area contributed by atoms with Crippen molar-refractivity contribution in [1.82, 2.24) is 16.2 Å². The Labute approximate surface area is 170 Å². The molecule has 2 rings (SSSR count). The van der Waals surface area contributed by atoms with Crippen LogP contribution in [0.15, 0.2) is 48.5 Å². The molecule has 0 aliphatic carbocycles. The molecule has 0 fully saturated rings. The Morgan fingerprint density at radius 2 is 1.69 bits per heavy atom. The first-order chi connectivity index (χ1) is 13.8. The highest BCUT2D eigenvalue weighted by Gasteiger charge is 2.16. The van der Waals surface area contributed by atoms with Crippen LogP contribution in [0.25, 0.3) is 6.08 Å². The number of carbonyl (C=O) groups is 3. The number of nitrogens with one attached hydrogen (secondary N) is 3. The van der Waals surface area contributed by atoms with Gasteiger partial charge in [-0.1, -0.05) is 24.3 Å². The second-order valence-electron chi connectivity index (χ2n) is 6.47. The lowest BCUT2D eigenvalue weighted by atomic mass is 10.1. The van der Waals surface area contributed by atoms with Crippen molar-refractivity contribution in [3.05, 3.63) is 70.8 Å². The number of amides is 3. The molecule has 1 atom stereocenters. The summed E-state index contributed by atoms with van der Waals surface area (Å²) in [4.78, 5) is 35.5. The summed E-state index contributed by atoms with van der Waals surface area (Å²) in [7, 11) is 1.56. The van der Waals surface area contributed by atoms with Crippen LogP contribution in [-0.4, -0.2) is 30.9 Å². The molecule has 0 saturated carbocycles. The van der Waals surface area contributed by atoms with E-state index in [1.807, 2.05) is 26.0 Å². The topological polar surface area (TPSA) is 96.5 Å². The van der Waals surface area contributed by atoms with Crippen LogP contribution in [0, 0.1) is 13.8 Å². The van der Waals surface area contributed by atoms with Gasteiger partial charge in [0.1, 0.15) is 5.75 Å². The van der Waals surface area contributed by atoms with E-state index in [1.54, 1.807) is 50.4 Å². The number of rotatable bonds is 6. The summed E-state index contributed by atoms with van der Waals surface area (Å²) in [6.07, 6.45) is 2.08. The number of hydrazine groups is 1. The van der Waals surface area contributed by atoms with Gasteiger partial charge in [-0.3, -0.25) is 25.2 Å². The predicted octanol–water partition coefficient (Wildman–Crippen LogP) is 2.29. The van der Waals surface area contributed by atoms with Crippen molar-refractivity contribution in [3.63, 3.8) is 0 Å². The van der Waals surface area contributed by atoms with Crippen LogP contribution in [0.1, 0.15) is 34.0 Å². The summed E-state index contributed by atoms with van der Waals surface area (Å²) in [5.74, 6) is -0.521. The van der Waals surface area contributed by atoms with Crippen molar-refractivity contribution in [2.45, 2.75) is 26.9 Å². The summed E-state index contributed by atoms with van der Waals surface area (Å²) in [5.41, 5.74) is 7.95. The molecule has 3 N–H and O–H groups in total. The first-order valence-corrected chi connectivity index (χ1v) is 9.14. The molecule has 0 spiro atoms. The lowest BCUT2D eigenvalue weighted by molar-refractivity contribution is -0.131. The average Bonchev–Trinajstić information content (AvgIpc) is 2.73. The van der Waals surface area contributed by atoms with Crippen molar-refractivity contribution in [1.29, 1.82) is 0 Å². The summed E-state index contributed by atoms with van der Waals surface area (Å²) in [6.45, 7) is 5.49. The van der Waals surface area contributed by atoms with E-state index in [4.69, 9.17) is 4.74 Å². The Hall–Kier alpha value is -3.61. The minimum absolute atomic E-state index is 0.182. The number of ether oxygens (including phenoxy) is 1. The zero-order valence-electron chi connectivity index (χ0n) is 16.9. The van der Waals surface area contributed by atoms with Crippen molar-refractivity contribution in [2.24, 2.45) is 0 Å². The molecule has 3 amide bonds. The number of benzene rings is 2. The molecule has 0 saturated heterocycles. The molecule has 0 aliphatic rings. The molecule has 0 radical (unpaired) electrons. The molecule has 2 aromatic carbocycles. The van der Waals surface area contributed by atoms with E-state index in [2.05, 4.69) is 16.2 Å². The Morgan fingerprint density at radius 3 is 2.34 bits per heavy atom. The average molecular weight is 395 g/mol. The van der Waals surface area contributed by atoms with Crippen molar-refractivity contribution in [2.75, 3.05) is 7.05 Å². The predicted molar refractivity (Wildman–Crippen MR) is 111 cm³/mol. The third kappa shape index (κ3) is 6.21. The van der Waals surface area contributed by atoms with Crippen molar-refractivity contribution >= 4 is 23.8 Å². The van der Waals surface area contributed by atoms with Crippen molar-refractivity contribution in [3.8, 4) is 5.75 Å². The summed E-state index contributed by atoms with van der Waals surface area (Å²) >= 11 is 0. The fourth-order valence-corrected chi connectivity index (χ4v) is 2.42. The van der Waals surface area contributed by atoms with Crippen LogP contribution >= 0.6 is 0 Å². The second kappa shape index (κ2) is 10.1. The molecule has 2 aromatic rings. The largest absolute Gasteiger partial charge is 0.481 e. The molecule has 0 aliphatic heterocycles. The number of carbonyl (C=O) groups excluding carboxylic acids is 3. The molecule has 0 bridgehead atoms. The number of hydrogen-bond donors (Lipinski definition) is 3. The normalized spacial score (nSPS) is 11.6. The minimum atomic E-state index is -0.781. The van der Waals surface area contributed by atoms with Gasteiger partial charge in [0, 0.05) is 18.7 Å². The molecule has 29 heavy (non-hydrogen) atoms. The summed E-state index contributed by atoms with van der Waals surface area (Å²) in [6, 6.07) is 12.4. The molecular weight excluding hydrogens is 370 g/mol. The fourth-order valence-electron chi connectivity index (χ4n) is 2.42. The third-order valence-electron chi connectivity index (χ3n) is 4.36. The lowest BCUT2D eigenvalue weighted by Gasteiger charge is -2.17. The van der Waals surface area contributed by atoms with Gasteiger partial charge < -0.3 is 10.1 Å². The molecule has 1 unspecified atom stereocenters. The monoisotopic (exact) mass is 395 g/mol. The Bertz CT molecular complexity index is 920. The standard InChI is InChI=1S/C22H25N3O4/c1-14-6-5-7-19(15(14)2)29-16(3)21(27)25-24-20(26)13-10-17-8-11-18(12-9-17)22(28)23-4/h5-13,16H,1-4H3,(H,23,28)(H,24,26)(H,25,27)/b13-10+. The summed E-state index contributed by atoms with van der Waals surface area (Å²) in [5, 5.41) is 2.54. The van der Waals surface area contributed by atoms with Gasteiger partial charge >= 0.3 is 0 Å². The van der Waals surface area contributed by atoms with E-state index in [1.165, 1.54) is 6.08 Å². The Morgan fingerprint density at radius 1 is 1.00 bits per heavy atom. The van der Waals surface area contributed by atoms with Crippen LogP contribution in [-0.2, 0) is 9.59 Å². The zero-order chi connectivity index (χ0) is 21.4. The van der Waals surface area contributed by atoms with E-state index >= 15 is 0 Å². The van der Waals surface area contributed by atoms with Gasteiger partial charge in [-0.15, -0.1) is 0 Å². The minimum Gasteiger partial charge on any atom is -0.481 e. The maximum absolute atomic E-state index is 12.1. The van der Waals surface area contributed by atoms with E-state index in [0.29, 0.717) is 11.3 Å². The highest BCUT2D eigenvalue weighted by Crippen LogP contribution is 2.21. The molecular formula is C22H25N3O4. The molecule has 0 aromatic heterocycles. The van der Waals surface area contributed by atoms with Crippen LogP contribution in [0.5, 0.6) is 5.75 Å². The highest BCUT2D eigenvalue weighted by molar-refractivity contribution is 5.95. The molecule has 0 heterocycles. The molecule has 152 valence electrons.